The first-order chi connectivity index (χ1) is 8.44. The molecule has 1 N–H and O–H groups in total. The van der Waals surface area contributed by atoms with Gasteiger partial charge < -0.3 is 5.11 Å². The third-order valence-corrected chi connectivity index (χ3v) is 3.51. The fourth-order valence-electron chi connectivity index (χ4n) is 1.46. The van der Waals surface area contributed by atoms with Crippen molar-refractivity contribution in [2.24, 2.45) is 5.92 Å². The number of aliphatic hydroxyl groups is 1. The van der Waals surface area contributed by atoms with E-state index in [1.54, 1.807) is 0 Å². The molecule has 0 aliphatic rings. The molecular formula is C10H6Br2F6O. The maximum atomic E-state index is 12.5. The number of hydrogen-bond acceptors (Lipinski definition) is 1. The maximum absolute atomic E-state index is 12.5. The number of hydrogen-bond donors (Lipinski definition) is 1. The molecule has 0 aliphatic heterocycles. The van der Waals surface area contributed by atoms with Crippen LogP contribution in [0.15, 0.2) is 27.1 Å². The summed E-state index contributed by atoms with van der Waals surface area (Å²) in [5, 5.41) is 9.47. The lowest BCUT2D eigenvalue weighted by Gasteiger charge is -2.28. The molecule has 0 spiro atoms. The zero-order valence-corrected chi connectivity index (χ0v) is 12.0. The van der Waals surface area contributed by atoms with Crippen LogP contribution >= 0.6 is 31.9 Å². The number of rotatable bonds is 2. The number of aliphatic hydroxyl groups excluding tert-OH is 1. The van der Waals surface area contributed by atoms with Gasteiger partial charge in [0.25, 0.3) is 0 Å². The minimum atomic E-state index is -5.60. The summed E-state index contributed by atoms with van der Waals surface area (Å²) >= 11 is 5.74. The summed E-state index contributed by atoms with van der Waals surface area (Å²) < 4.78 is 75.1. The van der Waals surface area contributed by atoms with Gasteiger partial charge in [0.2, 0.25) is 0 Å². The Kier molecular flexibility index (Phi) is 4.95. The van der Waals surface area contributed by atoms with Gasteiger partial charge in [0.15, 0.2) is 5.92 Å². The maximum Gasteiger partial charge on any atom is 0.403 e. The quantitative estimate of drug-likeness (QED) is 0.675. The van der Waals surface area contributed by atoms with Crippen molar-refractivity contribution in [3.05, 3.63) is 32.7 Å². The Balaban J connectivity index is 3.28. The summed E-state index contributed by atoms with van der Waals surface area (Å²) in [4.78, 5) is 0. The number of halogens is 8. The molecule has 19 heavy (non-hydrogen) atoms. The highest BCUT2D eigenvalue weighted by Gasteiger charge is 2.60. The van der Waals surface area contributed by atoms with Gasteiger partial charge in [-0.05, 0) is 23.8 Å². The van der Waals surface area contributed by atoms with Gasteiger partial charge >= 0.3 is 12.4 Å². The summed E-state index contributed by atoms with van der Waals surface area (Å²) in [6.07, 6.45) is -13.9. The largest absolute Gasteiger partial charge is 0.403 e. The van der Waals surface area contributed by atoms with Gasteiger partial charge in [-0.15, -0.1) is 0 Å². The molecule has 0 aliphatic carbocycles. The Morgan fingerprint density at radius 1 is 0.947 bits per heavy atom. The highest BCUT2D eigenvalue weighted by molar-refractivity contribution is 9.11. The van der Waals surface area contributed by atoms with E-state index in [1.807, 2.05) is 0 Å². The van der Waals surface area contributed by atoms with Crippen molar-refractivity contribution >= 4 is 31.9 Å². The lowest BCUT2D eigenvalue weighted by atomic mass is 9.94. The molecule has 1 nitrogen and oxygen atoms in total. The second kappa shape index (κ2) is 5.61. The molecule has 1 unspecified atom stereocenters. The Bertz CT molecular complexity index is 442. The molecule has 0 heterocycles. The van der Waals surface area contributed by atoms with E-state index in [9.17, 15) is 31.4 Å². The van der Waals surface area contributed by atoms with E-state index in [4.69, 9.17) is 0 Å². The third kappa shape index (κ3) is 4.09. The standard InChI is InChI=1S/C10H6Br2F6O/c11-4-1-2-6(12)5(3-4)7(19)8(9(13,14)15)10(16,17)18/h1-3,7-8,19H. The van der Waals surface area contributed by atoms with Crippen LogP contribution in [0.1, 0.15) is 11.7 Å². The van der Waals surface area contributed by atoms with E-state index in [2.05, 4.69) is 31.9 Å². The summed E-state index contributed by atoms with van der Waals surface area (Å²) in [5.41, 5.74) is -0.492. The zero-order chi connectivity index (χ0) is 15.0. The van der Waals surface area contributed by atoms with Gasteiger partial charge in [0.1, 0.15) is 6.10 Å². The minimum Gasteiger partial charge on any atom is -0.387 e. The molecule has 1 atom stereocenters. The average Bonchev–Trinajstić information content (AvgIpc) is 2.17. The first-order valence-corrected chi connectivity index (χ1v) is 6.29. The van der Waals surface area contributed by atoms with Crippen molar-refractivity contribution in [2.45, 2.75) is 18.5 Å². The van der Waals surface area contributed by atoms with Gasteiger partial charge in [-0.1, -0.05) is 31.9 Å². The SMILES string of the molecule is OC(c1cc(Br)ccc1Br)C(C(F)(F)F)C(F)(F)F. The van der Waals surface area contributed by atoms with Crippen LogP contribution in [0.25, 0.3) is 0 Å². The molecule has 0 radical (unpaired) electrons. The second-order valence-corrected chi connectivity index (χ2v) is 5.44. The highest BCUT2D eigenvalue weighted by Crippen LogP contribution is 2.47. The molecule has 0 amide bonds. The minimum absolute atomic E-state index is 0.0401. The lowest BCUT2D eigenvalue weighted by Crippen LogP contribution is -2.41. The molecule has 0 aromatic heterocycles. The Hall–Kier alpha value is -0.280. The van der Waals surface area contributed by atoms with Crippen LogP contribution in [0.4, 0.5) is 26.3 Å². The Labute approximate surface area is 120 Å². The van der Waals surface area contributed by atoms with E-state index >= 15 is 0 Å². The molecule has 1 rings (SSSR count). The van der Waals surface area contributed by atoms with Crippen LogP contribution in [0.3, 0.4) is 0 Å². The molecule has 0 fully saturated rings. The van der Waals surface area contributed by atoms with E-state index in [-0.39, 0.29) is 8.95 Å². The van der Waals surface area contributed by atoms with Crippen LogP contribution in [-0.4, -0.2) is 17.5 Å². The summed E-state index contributed by atoms with van der Waals surface area (Å²) in [7, 11) is 0. The van der Waals surface area contributed by atoms with Gasteiger partial charge in [-0.2, -0.15) is 26.3 Å². The molecule has 0 bridgehead atoms. The molecule has 0 saturated heterocycles. The highest BCUT2D eigenvalue weighted by atomic mass is 79.9. The molecule has 0 saturated carbocycles. The van der Waals surface area contributed by atoms with Gasteiger partial charge in [-0.3, -0.25) is 0 Å². The fourth-order valence-corrected chi connectivity index (χ4v) is 2.32. The molecule has 9 heteroatoms. The summed E-state index contributed by atoms with van der Waals surface area (Å²) in [6.45, 7) is 0. The van der Waals surface area contributed by atoms with E-state index in [0.717, 1.165) is 6.07 Å². The van der Waals surface area contributed by atoms with E-state index in [1.165, 1.54) is 12.1 Å². The third-order valence-electron chi connectivity index (χ3n) is 2.30. The van der Waals surface area contributed by atoms with Crippen molar-refractivity contribution in [3.63, 3.8) is 0 Å². The van der Waals surface area contributed by atoms with Crippen molar-refractivity contribution < 1.29 is 31.4 Å². The number of alkyl halides is 6. The van der Waals surface area contributed by atoms with Gasteiger partial charge in [0, 0.05) is 8.95 Å². The predicted molar refractivity (Wildman–Crippen MR) is 62.4 cm³/mol. The van der Waals surface area contributed by atoms with Crippen LogP contribution in [0, 0.1) is 5.92 Å². The van der Waals surface area contributed by atoms with Crippen LogP contribution < -0.4 is 0 Å². The first kappa shape index (κ1) is 16.8. The van der Waals surface area contributed by atoms with Crippen LogP contribution in [-0.2, 0) is 0 Å². The van der Waals surface area contributed by atoms with Gasteiger partial charge in [-0.25, -0.2) is 0 Å². The van der Waals surface area contributed by atoms with E-state index < -0.39 is 29.9 Å². The lowest BCUT2D eigenvalue weighted by molar-refractivity contribution is -0.307. The fraction of sp³-hybridized carbons (Fsp3) is 0.400. The monoisotopic (exact) mass is 414 g/mol. The van der Waals surface area contributed by atoms with Crippen molar-refractivity contribution in [3.8, 4) is 0 Å². The average molecular weight is 416 g/mol. The summed E-state index contributed by atoms with van der Waals surface area (Å²) in [6, 6.07) is 3.65. The first-order valence-electron chi connectivity index (χ1n) is 4.71. The molecule has 108 valence electrons. The topological polar surface area (TPSA) is 20.2 Å². The summed E-state index contributed by atoms with van der Waals surface area (Å²) in [5.74, 6) is -3.84. The Morgan fingerprint density at radius 3 is 1.84 bits per heavy atom. The van der Waals surface area contributed by atoms with Crippen molar-refractivity contribution in [2.75, 3.05) is 0 Å². The van der Waals surface area contributed by atoms with Crippen molar-refractivity contribution in [1.82, 2.24) is 0 Å². The molecule has 1 aromatic carbocycles. The van der Waals surface area contributed by atoms with Gasteiger partial charge in [0.05, 0.1) is 0 Å². The van der Waals surface area contributed by atoms with E-state index in [0.29, 0.717) is 0 Å². The molecule has 1 aromatic rings. The van der Waals surface area contributed by atoms with Crippen LogP contribution in [0.5, 0.6) is 0 Å². The molecular weight excluding hydrogens is 410 g/mol. The smallest absolute Gasteiger partial charge is 0.387 e. The number of benzene rings is 1. The van der Waals surface area contributed by atoms with Crippen LogP contribution in [0.2, 0.25) is 0 Å². The van der Waals surface area contributed by atoms with Crippen molar-refractivity contribution in [1.29, 1.82) is 0 Å². The zero-order valence-electron chi connectivity index (χ0n) is 8.86. The predicted octanol–water partition coefficient (Wildman–Crippen LogP) is 4.99. The normalized spacial score (nSPS) is 14.8. The Morgan fingerprint density at radius 2 is 1.42 bits per heavy atom. The second-order valence-electron chi connectivity index (χ2n) is 3.67.